The number of H-pyrrole nitrogens is 1. The summed E-state index contributed by atoms with van der Waals surface area (Å²) in [5, 5.41) is 11.6. The molecule has 0 spiro atoms. The molecule has 1 aliphatic rings. The molecule has 0 aliphatic carbocycles. The number of carbonyl (C=O) groups is 2. The van der Waals surface area contributed by atoms with Crippen molar-refractivity contribution < 1.29 is 23.5 Å². The molecule has 1 atom stereocenters. The third-order valence-electron chi connectivity index (χ3n) is 5.04. The van der Waals surface area contributed by atoms with Gasteiger partial charge in [0.25, 0.3) is 5.91 Å². The Hall–Kier alpha value is -3.81. The average Bonchev–Trinajstić information content (AvgIpc) is 3.44. The van der Waals surface area contributed by atoms with Gasteiger partial charge in [-0.3, -0.25) is 9.89 Å². The first-order valence-corrected chi connectivity index (χ1v) is 9.17. The fourth-order valence-electron chi connectivity index (χ4n) is 3.62. The average molecular weight is 391 g/mol. The van der Waals surface area contributed by atoms with Crippen molar-refractivity contribution in [1.29, 1.82) is 0 Å². The number of nitrogens with one attached hydrogen (secondary N) is 2. The van der Waals surface area contributed by atoms with E-state index in [9.17, 15) is 9.59 Å². The quantitative estimate of drug-likeness (QED) is 0.518. The van der Waals surface area contributed by atoms with Crippen molar-refractivity contribution in [2.24, 2.45) is 0 Å². The maximum atomic E-state index is 12.8. The number of carbonyl (C=O) groups excluding carboxylic acids is 2. The van der Waals surface area contributed by atoms with Gasteiger partial charge in [-0.2, -0.15) is 5.10 Å². The first kappa shape index (κ1) is 17.3. The Labute approximate surface area is 164 Å². The molecule has 5 rings (SSSR count). The number of nitrogens with zero attached hydrogens (tertiary/aromatic N) is 1. The van der Waals surface area contributed by atoms with Gasteiger partial charge in [0.2, 0.25) is 0 Å². The number of furan rings is 1. The number of benzene rings is 2. The van der Waals surface area contributed by atoms with Crippen LogP contribution in [0.25, 0.3) is 33.3 Å². The van der Waals surface area contributed by atoms with Crippen molar-refractivity contribution in [2.45, 2.75) is 12.5 Å². The number of para-hydroxylation sites is 1. The Morgan fingerprint density at radius 3 is 2.90 bits per heavy atom. The van der Waals surface area contributed by atoms with Gasteiger partial charge in [0.15, 0.2) is 5.76 Å². The third-order valence-corrected chi connectivity index (χ3v) is 5.04. The van der Waals surface area contributed by atoms with Crippen LogP contribution in [0.2, 0.25) is 0 Å². The maximum Gasteiger partial charge on any atom is 0.328 e. The first-order valence-electron chi connectivity index (χ1n) is 9.17. The van der Waals surface area contributed by atoms with Gasteiger partial charge in [-0.1, -0.05) is 18.2 Å². The van der Waals surface area contributed by atoms with Crippen LogP contribution < -0.4 is 10.1 Å². The van der Waals surface area contributed by atoms with E-state index < -0.39 is 17.9 Å². The minimum Gasteiger partial charge on any atom is -0.495 e. The summed E-state index contributed by atoms with van der Waals surface area (Å²) in [6, 6.07) is 12.3. The molecule has 0 radical (unpaired) electrons. The molecule has 2 N–H and O–H groups in total. The lowest BCUT2D eigenvalue weighted by Crippen LogP contribution is -2.38. The SMILES string of the molecule is COc1c(C(=O)NC2CCOC2=O)ccc2n[nH]c(-c3cc4ccccc4o3)c12. The molecule has 4 aromatic rings. The minimum atomic E-state index is -0.651. The van der Waals surface area contributed by atoms with Gasteiger partial charge in [0, 0.05) is 11.8 Å². The maximum absolute atomic E-state index is 12.8. The van der Waals surface area contributed by atoms with E-state index in [1.165, 1.54) is 7.11 Å². The predicted octanol–water partition coefficient (Wildman–Crippen LogP) is 3.03. The molecule has 0 saturated carbocycles. The Morgan fingerprint density at radius 1 is 1.28 bits per heavy atom. The summed E-state index contributed by atoms with van der Waals surface area (Å²) in [5.74, 6) is 0.105. The number of hydrogen-bond donors (Lipinski definition) is 2. The highest BCUT2D eigenvalue weighted by Gasteiger charge is 2.30. The van der Waals surface area contributed by atoms with Crippen LogP contribution in [0.15, 0.2) is 46.9 Å². The molecule has 8 nitrogen and oxygen atoms in total. The molecule has 2 aromatic carbocycles. The zero-order chi connectivity index (χ0) is 20.0. The lowest BCUT2D eigenvalue weighted by atomic mass is 10.1. The summed E-state index contributed by atoms with van der Waals surface area (Å²) in [5.41, 5.74) is 2.30. The molecule has 1 saturated heterocycles. The van der Waals surface area contributed by atoms with Crippen molar-refractivity contribution in [3.63, 3.8) is 0 Å². The lowest BCUT2D eigenvalue weighted by Gasteiger charge is -2.12. The van der Waals surface area contributed by atoms with E-state index >= 15 is 0 Å². The number of hydrogen-bond acceptors (Lipinski definition) is 6. The molecular formula is C21H17N3O5. The topological polar surface area (TPSA) is 106 Å². The number of aromatic amines is 1. The molecule has 1 amide bonds. The summed E-state index contributed by atoms with van der Waals surface area (Å²) < 4.78 is 16.5. The highest BCUT2D eigenvalue weighted by Crippen LogP contribution is 2.38. The normalized spacial score (nSPS) is 16.3. The molecule has 1 fully saturated rings. The second-order valence-corrected chi connectivity index (χ2v) is 6.77. The number of rotatable bonds is 4. The standard InChI is InChI=1S/C21H17N3O5/c1-27-19-12(20(25)22-14-8-9-28-21(14)26)6-7-13-17(19)18(24-23-13)16-10-11-4-2-3-5-15(11)29-16/h2-7,10,14H,8-9H2,1H3,(H,22,25)(H,23,24). The van der Waals surface area contributed by atoms with Crippen LogP contribution in [-0.4, -0.2) is 41.8 Å². The summed E-state index contributed by atoms with van der Waals surface area (Å²) in [6.45, 7) is 0.303. The van der Waals surface area contributed by atoms with E-state index in [2.05, 4.69) is 15.5 Å². The van der Waals surface area contributed by atoms with Gasteiger partial charge in [-0.25, -0.2) is 4.79 Å². The summed E-state index contributed by atoms with van der Waals surface area (Å²) in [4.78, 5) is 24.5. The van der Waals surface area contributed by atoms with Gasteiger partial charge in [-0.05, 0) is 24.3 Å². The largest absolute Gasteiger partial charge is 0.495 e. The fourth-order valence-corrected chi connectivity index (χ4v) is 3.62. The van der Waals surface area contributed by atoms with E-state index in [1.54, 1.807) is 12.1 Å². The number of ether oxygens (including phenoxy) is 2. The zero-order valence-corrected chi connectivity index (χ0v) is 15.5. The second-order valence-electron chi connectivity index (χ2n) is 6.77. The Balaban J connectivity index is 1.61. The van der Waals surface area contributed by atoms with Gasteiger partial charge in [0.1, 0.15) is 23.1 Å². The van der Waals surface area contributed by atoms with E-state index in [0.717, 1.165) is 11.0 Å². The van der Waals surface area contributed by atoms with Crippen LogP contribution in [0, 0.1) is 0 Å². The first-order chi connectivity index (χ1) is 14.2. The molecule has 0 bridgehead atoms. The lowest BCUT2D eigenvalue weighted by molar-refractivity contribution is -0.139. The van der Waals surface area contributed by atoms with Crippen LogP contribution in [0.3, 0.4) is 0 Å². The van der Waals surface area contributed by atoms with Crippen molar-refractivity contribution in [1.82, 2.24) is 15.5 Å². The van der Waals surface area contributed by atoms with Crippen molar-refractivity contribution >= 4 is 33.7 Å². The molecule has 29 heavy (non-hydrogen) atoms. The number of amides is 1. The van der Waals surface area contributed by atoms with E-state index in [1.807, 2.05) is 30.3 Å². The minimum absolute atomic E-state index is 0.303. The smallest absolute Gasteiger partial charge is 0.328 e. The van der Waals surface area contributed by atoms with Crippen LogP contribution in [0.1, 0.15) is 16.8 Å². The molecule has 146 valence electrons. The number of cyclic esters (lactones) is 1. The number of methoxy groups -OCH3 is 1. The molecule has 1 aliphatic heterocycles. The molecular weight excluding hydrogens is 374 g/mol. The Morgan fingerprint density at radius 2 is 2.14 bits per heavy atom. The molecule has 1 unspecified atom stereocenters. The highest BCUT2D eigenvalue weighted by atomic mass is 16.5. The second kappa shape index (κ2) is 6.66. The van der Waals surface area contributed by atoms with E-state index in [-0.39, 0.29) is 0 Å². The van der Waals surface area contributed by atoms with E-state index in [4.69, 9.17) is 13.9 Å². The number of esters is 1. The van der Waals surface area contributed by atoms with Crippen molar-refractivity contribution in [3.05, 3.63) is 48.0 Å². The monoisotopic (exact) mass is 391 g/mol. The number of aromatic nitrogens is 2. The third kappa shape index (κ3) is 2.80. The molecule has 2 aromatic heterocycles. The van der Waals surface area contributed by atoms with Crippen LogP contribution in [-0.2, 0) is 9.53 Å². The fraction of sp³-hybridized carbons (Fsp3) is 0.190. The van der Waals surface area contributed by atoms with Crippen LogP contribution >= 0.6 is 0 Å². The Kier molecular flexibility index (Phi) is 3.97. The highest BCUT2D eigenvalue weighted by molar-refractivity contribution is 6.08. The van der Waals surface area contributed by atoms with Crippen molar-refractivity contribution in [2.75, 3.05) is 13.7 Å². The van der Waals surface area contributed by atoms with Gasteiger partial charge in [0.05, 0.1) is 30.2 Å². The zero-order valence-electron chi connectivity index (χ0n) is 15.5. The summed E-state index contributed by atoms with van der Waals surface area (Å²) in [6.07, 6.45) is 0.449. The van der Waals surface area contributed by atoms with Gasteiger partial charge in [-0.15, -0.1) is 0 Å². The van der Waals surface area contributed by atoms with Crippen LogP contribution in [0.4, 0.5) is 0 Å². The van der Waals surface area contributed by atoms with Gasteiger partial charge >= 0.3 is 5.97 Å². The van der Waals surface area contributed by atoms with Crippen molar-refractivity contribution in [3.8, 4) is 17.2 Å². The summed E-state index contributed by atoms with van der Waals surface area (Å²) >= 11 is 0. The predicted molar refractivity (Wildman–Crippen MR) is 105 cm³/mol. The van der Waals surface area contributed by atoms with Crippen LogP contribution in [0.5, 0.6) is 5.75 Å². The Bertz CT molecular complexity index is 1220. The van der Waals surface area contributed by atoms with Gasteiger partial charge < -0.3 is 19.2 Å². The van der Waals surface area contributed by atoms with E-state index in [0.29, 0.717) is 46.7 Å². The molecule has 8 heteroatoms. The molecule has 3 heterocycles. The number of fused-ring (bicyclic) bond motifs is 2. The summed E-state index contributed by atoms with van der Waals surface area (Å²) in [7, 11) is 1.49.